The SMILES string of the molecule is CC.CC.CC.CC.CC.CC.CC(=O)N(C)C.CC(=O)O.CCOC(C)=O.[CH-]=NC1=C([C]([CH2-])=[W])C=CC1.[CH-]=NC1=C([C]([CH2-])=[W])C=CC1.[CH-]=NC1=C([C]([CH2-])=[W])C=CC1.[CH2-]C(=O)NC.[CH2-]C(=O)NC.[CH2-]C(=O)NC.[Y].[Y].[Y]. The molecule has 3 aliphatic carbocycles. The Hall–Kier alpha value is -1.13. The maximum absolute atomic E-state index is 10.1. The number of nitrogens with one attached hydrogen (secondary N) is 3. The largest absolute Gasteiger partial charge is 0.384 e. The minimum Gasteiger partial charge on any atom is -0.384 e. The first-order valence-electron chi connectivity index (χ1n) is 23.3. The quantitative estimate of drug-likeness (QED) is 0.109. The van der Waals surface area contributed by atoms with Crippen LogP contribution in [0.3, 0.4) is 0 Å². The minimum atomic E-state index is -0.833. The molecule has 15 nitrogen and oxygen atoms in total. The van der Waals surface area contributed by atoms with Crippen molar-refractivity contribution >= 4 is 67.4 Å². The molecule has 0 atom stereocenters. The maximum Gasteiger partial charge on any atom is 0.0794 e. The number of nitrogens with zero attached hydrogens (tertiary/aromatic N) is 4. The third-order valence-corrected chi connectivity index (χ3v) is 8.27. The number of rotatable bonds is 7. The second-order valence-corrected chi connectivity index (χ2v) is 16.2. The van der Waals surface area contributed by atoms with Crippen molar-refractivity contribution in [2.75, 3.05) is 41.8 Å². The van der Waals surface area contributed by atoms with Crippen molar-refractivity contribution < 1.29 is 195 Å². The molecule has 0 aromatic heterocycles. The van der Waals surface area contributed by atoms with Crippen molar-refractivity contribution in [2.24, 2.45) is 15.0 Å². The van der Waals surface area contributed by atoms with Gasteiger partial charge in [-0.15, -0.1) is 0 Å². The van der Waals surface area contributed by atoms with Crippen molar-refractivity contribution in [3.05, 3.63) is 112 Å². The van der Waals surface area contributed by atoms with Gasteiger partial charge in [-0.1, -0.05) is 83.1 Å². The first kappa shape index (κ1) is 114. The first-order valence-corrected chi connectivity index (χ1v) is 27.7. The molecule has 0 aromatic carbocycles. The van der Waals surface area contributed by atoms with E-state index in [1.807, 2.05) is 101 Å². The summed E-state index contributed by atoms with van der Waals surface area (Å²) in [4.78, 5) is 70.2. The summed E-state index contributed by atoms with van der Waals surface area (Å²) in [6, 6.07) is 0. The van der Waals surface area contributed by atoms with Gasteiger partial charge >= 0.3 is 221 Å². The second-order valence-electron chi connectivity index (χ2n) is 10.9. The van der Waals surface area contributed by atoms with Crippen molar-refractivity contribution in [1.82, 2.24) is 20.9 Å². The number of carboxylic acid groups (broad SMARTS) is 1. The first-order chi connectivity index (χ1) is 34.2. The fourth-order valence-electron chi connectivity index (χ4n) is 2.82. The van der Waals surface area contributed by atoms with Crippen LogP contribution >= 0.6 is 0 Å². The number of esters is 1. The van der Waals surface area contributed by atoms with Crippen LogP contribution in [0.25, 0.3) is 0 Å². The Labute approximate surface area is 574 Å². The molecule has 0 bridgehead atoms. The molecule has 0 saturated heterocycles. The zero-order valence-corrected chi connectivity index (χ0v) is 67.6. The average Bonchev–Trinajstić information content (AvgIpc) is 4.19. The van der Waals surface area contributed by atoms with E-state index in [-0.39, 0.29) is 128 Å². The number of carbonyl (C=O) groups excluding carboxylic acids is 5. The third kappa shape index (κ3) is 105. The van der Waals surface area contributed by atoms with Gasteiger partial charge < -0.3 is 65.8 Å². The molecule has 4 amide bonds. The summed E-state index contributed by atoms with van der Waals surface area (Å²) in [5, 5.41) is 14.2. The van der Waals surface area contributed by atoms with E-state index in [1.165, 1.54) is 98.0 Å². The van der Waals surface area contributed by atoms with Gasteiger partial charge in [-0.2, -0.15) is 0 Å². The summed E-state index contributed by atoms with van der Waals surface area (Å²) >= 11 is 4.12. The number of ether oxygens (including phenoxy) is 1. The minimum absolute atomic E-state index is 0. The van der Waals surface area contributed by atoms with E-state index in [1.54, 1.807) is 21.0 Å². The van der Waals surface area contributed by atoms with Crippen LogP contribution in [0.15, 0.2) is 85.2 Å². The smallest absolute Gasteiger partial charge is 0.0794 e. The van der Waals surface area contributed by atoms with Gasteiger partial charge in [-0.05, 0) is 6.92 Å². The van der Waals surface area contributed by atoms with Gasteiger partial charge in [0.25, 0.3) is 5.97 Å². The number of hydrogen-bond acceptors (Lipinski definition) is 10. The molecule has 3 rings (SSSR count). The molecule has 435 valence electrons. The number of carboxylic acids is 1. The number of amides is 4. The van der Waals surface area contributed by atoms with E-state index < -0.39 is 5.97 Å². The zero-order chi connectivity index (χ0) is 61.3. The molecule has 0 heterocycles. The van der Waals surface area contributed by atoms with Gasteiger partial charge in [0.1, 0.15) is 0 Å². The topological polar surface area (TPSA) is 208 Å². The monoisotopic (exact) mass is 1800 g/mol. The van der Waals surface area contributed by atoms with Gasteiger partial charge in [0, 0.05) is 154 Å². The molecule has 76 heavy (non-hydrogen) atoms. The summed E-state index contributed by atoms with van der Waals surface area (Å²) in [5.41, 5.74) is 6.24. The fourth-order valence-corrected chi connectivity index (χ4v) is 4.82. The molecular weight excluding hydrogens is 1700 g/mol. The maximum atomic E-state index is 10.1. The van der Waals surface area contributed by atoms with Gasteiger partial charge in [0.15, 0.2) is 0 Å². The Morgan fingerprint density at radius 2 is 0.697 bits per heavy atom. The van der Waals surface area contributed by atoms with E-state index in [4.69, 9.17) is 30.1 Å². The van der Waals surface area contributed by atoms with E-state index in [0.29, 0.717) is 6.61 Å². The Morgan fingerprint density at radius 3 is 0.750 bits per heavy atom. The van der Waals surface area contributed by atoms with Crippen LogP contribution in [-0.4, -0.2) is 119 Å². The Balaban J connectivity index is -0.0000000417. The van der Waals surface area contributed by atoms with E-state index in [9.17, 15) is 24.0 Å². The molecule has 0 aromatic rings. The Morgan fingerprint density at radius 1 is 0.539 bits per heavy atom. The van der Waals surface area contributed by atoms with E-state index >= 15 is 0 Å². The molecule has 0 spiro atoms. The van der Waals surface area contributed by atoms with Crippen LogP contribution in [0.4, 0.5) is 0 Å². The predicted octanol–water partition coefficient (Wildman–Crippen LogP) is 9.60. The summed E-state index contributed by atoms with van der Waals surface area (Å²) in [7, 11) is 8.06. The molecule has 0 saturated carbocycles. The molecule has 4 N–H and O–H groups in total. The number of allylic oxidation sites excluding steroid dienone is 9. The molecule has 0 fully saturated rings. The normalized spacial score (nSPS) is 9.68. The zero-order valence-electron chi connectivity index (χ0n) is 50.3. The van der Waals surface area contributed by atoms with Gasteiger partial charge in [0.05, 0.1) is 24.3 Å². The Bertz CT molecular complexity index is 1550. The van der Waals surface area contributed by atoms with Crippen LogP contribution in [0, 0.1) is 41.5 Å². The second kappa shape index (κ2) is 96.2. The number of aliphatic carboxylic acids is 1. The molecular formula is C55H96N7O8W3Y3-9. The number of carbonyl (C=O) groups is 6. The van der Waals surface area contributed by atoms with Crippen molar-refractivity contribution in [2.45, 2.75) is 130 Å². The summed E-state index contributed by atoms with van der Waals surface area (Å²) < 4.78 is 7.73. The van der Waals surface area contributed by atoms with Gasteiger partial charge in [-0.25, -0.2) is 0 Å². The van der Waals surface area contributed by atoms with Crippen molar-refractivity contribution in [1.29, 1.82) is 0 Å². The molecule has 21 heteroatoms. The summed E-state index contributed by atoms with van der Waals surface area (Å²) in [6.07, 6.45) is 14.8. The van der Waals surface area contributed by atoms with Crippen molar-refractivity contribution in [3.8, 4) is 0 Å². The predicted molar refractivity (Wildman–Crippen MR) is 305 cm³/mol. The molecule has 0 aliphatic heterocycles. The van der Waals surface area contributed by atoms with E-state index in [0.717, 1.165) is 71.7 Å². The van der Waals surface area contributed by atoms with Crippen molar-refractivity contribution in [3.63, 3.8) is 0 Å². The number of hydrogen-bond donors (Lipinski definition) is 4. The van der Waals surface area contributed by atoms with E-state index in [2.05, 4.69) is 95.4 Å². The summed E-state index contributed by atoms with van der Waals surface area (Å²) in [6.45, 7) is 66.3. The summed E-state index contributed by atoms with van der Waals surface area (Å²) in [5.74, 6) is -1.69. The Kier molecular flexibility index (Phi) is 144. The standard InChI is InChI=1S/3C8H7N.C4H9NO.C4H8O2.3C3H6NO.C2H4O2.6C2H6.3W.3Y/c3*1-3-7-5-4-6-8(7)9-2;1-4(6)5(2)3;1-3-6-4(2)5;3*1-3(5)4-2;1-2(3)4;6*1-2;;;;;;/h3*2,4-5H,1,6H2;1-3H3;3H2,1-2H3;3*1H2,2H3,(H,4,5);1H3,(H,3,4);6*1-2H3;;;;;;/q3*-2;;;3*-1;;;;;;;;;;;;;. The van der Waals surface area contributed by atoms with Gasteiger partial charge in [0.2, 0.25) is 5.91 Å². The molecule has 3 aliphatic rings. The van der Waals surface area contributed by atoms with Crippen LogP contribution in [-0.2, 0) is 190 Å². The van der Waals surface area contributed by atoms with Crippen LogP contribution in [0.1, 0.15) is 130 Å². The molecule has 3 radical (unpaired) electrons. The number of aliphatic imine (C=N–C) groups is 3. The molecule has 0 unspecified atom stereocenters. The van der Waals surface area contributed by atoms with Crippen LogP contribution in [0.5, 0.6) is 0 Å². The van der Waals surface area contributed by atoms with Crippen LogP contribution < -0.4 is 16.0 Å². The average molecular weight is 1800 g/mol. The van der Waals surface area contributed by atoms with Gasteiger partial charge in [-0.3, -0.25) is 14.4 Å². The fraction of sp³-hybridized carbons (Fsp3) is 0.455. The van der Waals surface area contributed by atoms with Crippen LogP contribution in [0.2, 0.25) is 0 Å². The third-order valence-electron chi connectivity index (χ3n) is 5.90.